The van der Waals surface area contributed by atoms with Gasteiger partial charge in [-0.3, -0.25) is 9.69 Å². The predicted molar refractivity (Wildman–Crippen MR) is 102 cm³/mol. The molecule has 0 unspecified atom stereocenters. The van der Waals surface area contributed by atoms with Gasteiger partial charge >= 0.3 is 0 Å². The summed E-state index contributed by atoms with van der Waals surface area (Å²) < 4.78 is 0. The van der Waals surface area contributed by atoms with Crippen LogP contribution in [0.25, 0.3) is 0 Å². The zero-order chi connectivity index (χ0) is 15.9. The normalized spacial score (nSPS) is 16.6. The Morgan fingerprint density at radius 1 is 1.25 bits per heavy atom. The summed E-state index contributed by atoms with van der Waals surface area (Å²) in [6, 6.07) is 7.88. The second-order valence-corrected chi connectivity index (χ2v) is 6.06. The van der Waals surface area contributed by atoms with Gasteiger partial charge in [-0.2, -0.15) is 0 Å². The Kier molecular flexibility index (Phi) is 11.2. The van der Waals surface area contributed by atoms with Gasteiger partial charge in [0.05, 0.1) is 12.1 Å². The Hall–Kier alpha value is -0.850. The van der Waals surface area contributed by atoms with Crippen molar-refractivity contribution in [2.24, 2.45) is 5.73 Å². The van der Waals surface area contributed by atoms with E-state index in [2.05, 4.69) is 22.3 Å². The van der Waals surface area contributed by atoms with Crippen LogP contribution in [0.15, 0.2) is 24.3 Å². The molecule has 5 nitrogen and oxygen atoms in total. The second kappa shape index (κ2) is 11.7. The summed E-state index contributed by atoms with van der Waals surface area (Å²) in [5, 5.41) is 12.4. The number of likely N-dealkylation sites (tertiary alicyclic amines) is 1. The van der Waals surface area contributed by atoms with E-state index in [4.69, 9.17) is 5.73 Å². The fourth-order valence-electron chi connectivity index (χ4n) is 2.60. The number of aliphatic hydroxyl groups is 1. The minimum Gasteiger partial charge on any atom is -0.393 e. The van der Waals surface area contributed by atoms with Crippen LogP contribution in [0.5, 0.6) is 0 Å². The molecule has 1 heterocycles. The fourth-order valence-corrected chi connectivity index (χ4v) is 2.60. The van der Waals surface area contributed by atoms with Crippen molar-refractivity contribution in [1.82, 2.24) is 10.2 Å². The van der Waals surface area contributed by atoms with E-state index in [9.17, 15) is 9.90 Å². The minimum atomic E-state index is -0.422. The number of nitrogens with one attached hydrogen (secondary N) is 1. The topological polar surface area (TPSA) is 78.6 Å². The third kappa shape index (κ3) is 7.36. The van der Waals surface area contributed by atoms with Crippen molar-refractivity contribution < 1.29 is 9.90 Å². The lowest BCUT2D eigenvalue weighted by Crippen LogP contribution is -2.39. The number of benzene rings is 1. The molecule has 0 bridgehead atoms. The molecule has 1 fully saturated rings. The Morgan fingerprint density at radius 3 is 2.33 bits per heavy atom. The maximum Gasteiger partial charge on any atom is 0.237 e. The molecule has 0 aromatic heterocycles. The summed E-state index contributed by atoms with van der Waals surface area (Å²) >= 11 is 0. The Labute approximate surface area is 156 Å². The van der Waals surface area contributed by atoms with Crippen LogP contribution in [0, 0.1) is 0 Å². The van der Waals surface area contributed by atoms with Crippen molar-refractivity contribution in [2.45, 2.75) is 51.4 Å². The lowest BCUT2D eigenvalue weighted by atomic mass is 10.1. The standard InChI is InChI=1S/C17H27N3O2.2ClH/c1-2-16(18)17(22)19-11-13-3-5-14(6-4-13)12-20-9-7-15(21)8-10-20;;/h3-6,15-16,21H,2,7-12,18H2,1H3,(H,19,22);2*1H/t16-;;/m0../s1. The molecule has 2 rings (SSSR count). The molecule has 0 aliphatic carbocycles. The number of amides is 1. The van der Waals surface area contributed by atoms with Crippen LogP contribution in [0.4, 0.5) is 0 Å². The Balaban J connectivity index is 0.00000264. The smallest absolute Gasteiger partial charge is 0.237 e. The Morgan fingerprint density at radius 2 is 1.79 bits per heavy atom. The van der Waals surface area contributed by atoms with E-state index in [1.807, 2.05) is 19.1 Å². The maximum atomic E-state index is 11.6. The summed E-state index contributed by atoms with van der Waals surface area (Å²) in [5.41, 5.74) is 8.02. The summed E-state index contributed by atoms with van der Waals surface area (Å²) in [4.78, 5) is 14.0. The molecule has 0 spiro atoms. The van der Waals surface area contributed by atoms with E-state index in [0.717, 1.165) is 38.0 Å². The highest BCUT2D eigenvalue weighted by atomic mass is 35.5. The van der Waals surface area contributed by atoms with Crippen molar-refractivity contribution in [3.63, 3.8) is 0 Å². The molecule has 7 heteroatoms. The third-order valence-corrected chi connectivity index (χ3v) is 4.23. The van der Waals surface area contributed by atoms with Crippen molar-refractivity contribution >= 4 is 30.7 Å². The number of halogens is 2. The number of aliphatic hydroxyl groups excluding tert-OH is 1. The highest BCUT2D eigenvalue weighted by Gasteiger charge is 2.16. The SMILES string of the molecule is CC[C@H](N)C(=O)NCc1ccc(CN2CCC(O)CC2)cc1.Cl.Cl. The summed E-state index contributed by atoms with van der Waals surface area (Å²) in [6.07, 6.45) is 2.25. The molecule has 24 heavy (non-hydrogen) atoms. The van der Waals surface area contributed by atoms with Crippen LogP contribution in [0.3, 0.4) is 0 Å². The molecule has 0 radical (unpaired) electrons. The first-order valence-corrected chi connectivity index (χ1v) is 8.10. The summed E-state index contributed by atoms with van der Waals surface area (Å²) in [7, 11) is 0. The molecule has 138 valence electrons. The maximum absolute atomic E-state index is 11.6. The molecule has 1 aromatic carbocycles. The lowest BCUT2D eigenvalue weighted by molar-refractivity contribution is -0.122. The summed E-state index contributed by atoms with van der Waals surface area (Å²) in [5.74, 6) is -0.0987. The quantitative estimate of drug-likeness (QED) is 0.706. The van der Waals surface area contributed by atoms with E-state index >= 15 is 0 Å². The number of nitrogens with two attached hydrogens (primary N) is 1. The van der Waals surface area contributed by atoms with Crippen LogP contribution in [0.1, 0.15) is 37.3 Å². The molecule has 0 saturated carbocycles. The highest BCUT2D eigenvalue weighted by Crippen LogP contribution is 2.14. The van der Waals surface area contributed by atoms with Gasteiger partial charge in [-0.05, 0) is 30.4 Å². The molecule has 1 aliphatic heterocycles. The fraction of sp³-hybridized carbons (Fsp3) is 0.588. The van der Waals surface area contributed by atoms with Gasteiger partial charge in [0.25, 0.3) is 0 Å². The number of hydrogen-bond acceptors (Lipinski definition) is 4. The number of rotatable bonds is 6. The molecule has 1 atom stereocenters. The zero-order valence-electron chi connectivity index (χ0n) is 14.1. The van der Waals surface area contributed by atoms with Gasteiger partial charge in [-0.25, -0.2) is 0 Å². The monoisotopic (exact) mass is 377 g/mol. The van der Waals surface area contributed by atoms with Crippen molar-refractivity contribution in [2.75, 3.05) is 13.1 Å². The van der Waals surface area contributed by atoms with E-state index < -0.39 is 6.04 Å². The average Bonchev–Trinajstić information content (AvgIpc) is 2.55. The first kappa shape index (κ1) is 23.1. The molecule has 1 aromatic rings. The van der Waals surface area contributed by atoms with E-state index in [-0.39, 0.29) is 36.8 Å². The molecule has 1 saturated heterocycles. The molecule has 1 amide bonds. The van der Waals surface area contributed by atoms with Gasteiger partial charge in [0, 0.05) is 26.2 Å². The van der Waals surface area contributed by atoms with Crippen LogP contribution < -0.4 is 11.1 Å². The molecule has 1 aliphatic rings. The van der Waals surface area contributed by atoms with Crippen LogP contribution in [0.2, 0.25) is 0 Å². The molecule has 4 N–H and O–H groups in total. The van der Waals surface area contributed by atoms with Gasteiger partial charge in [-0.15, -0.1) is 24.8 Å². The van der Waals surface area contributed by atoms with E-state index in [1.54, 1.807) is 0 Å². The van der Waals surface area contributed by atoms with Crippen molar-refractivity contribution in [3.8, 4) is 0 Å². The van der Waals surface area contributed by atoms with Gasteiger partial charge < -0.3 is 16.2 Å². The third-order valence-electron chi connectivity index (χ3n) is 4.23. The molecular weight excluding hydrogens is 349 g/mol. The van der Waals surface area contributed by atoms with Crippen molar-refractivity contribution in [1.29, 1.82) is 0 Å². The van der Waals surface area contributed by atoms with E-state index in [1.165, 1.54) is 5.56 Å². The van der Waals surface area contributed by atoms with Gasteiger partial charge in [0.15, 0.2) is 0 Å². The number of carbonyl (C=O) groups excluding carboxylic acids is 1. The Bertz CT molecular complexity index is 477. The largest absolute Gasteiger partial charge is 0.393 e. The van der Waals surface area contributed by atoms with Gasteiger partial charge in [0.1, 0.15) is 0 Å². The zero-order valence-corrected chi connectivity index (χ0v) is 15.7. The first-order valence-electron chi connectivity index (χ1n) is 8.10. The number of hydrogen-bond donors (Lipinski definition) is 3. The van der Waals surface area contributed by atoms with Crippen LogP contribution in [-0.4, -0.2) is 41.1 Å². The number of piperidine rings is 1. The van der Waals surface area contributed by atoms with E-state index in [0.29, 0.717) is 13.0 Å². The molecular formula is C17H29Cl2N3O2. The van der Waals surface area contributed by atoms with Crippen molar-refractivity contribution in [3.05, 3.63) is 35.4 Å². The average molecular weight is 378 g/mol. The lowest BCUT2D eigenvalue weighted by Gasteiger charge is -2.29. The predicted octanol–water partition coefficient (Wildman–Crippen LogP) is 1.84. The number of carbonyl (C=O) groups is 1. The van der Waals surface area contributed by atoms with Crippen LogP contribution in [-0.2, 0) is 17.9 Å². The highest BCUT2D eigenvalue weighted by molar-refractivity contribution is 5.85. The number of nitrogens with zero attached hydrogens (tertiary/aromatic N) is 1. The van der Waals surface area contributed by atoms with Crippen LogP contribution >= 0.6 is 24.8 Å². The van der Waals surface area contributed by atoms with Gasteiger partial charge in [0.2, 0.25) is 5.91 Å². The van der Waals surface area contributed by atoms with Gasteiger partial charge in [-0.1, -0.05) is 31.2 Å². The second-order valence-electron chi connectivity index (χ2n) is 6.06. The minimum absolute atomic E-state index is 0. The first-order chi connectivity index (χ1) is 10.6. The summed E-state index contributed by atoms with van der Waals surface area (Å²) in [6.45, 7) is 5.24.